The Morgan fingerprint density at radius 1 is 1.22 bits per heavy atom. The molecule has 1 spiro atoms. The zero-order valence-electron chi connectivity index (χ0n) is 14.1. The van der Waals surface area contributed by atoms with Gasteiger partial charge in [0.15, 0.2) is 0 Å². The van der Waals surface area contributed by atoms with Crippen LogP contribution in [0.5, 0.6) is 0 Å². The van der Waals surface area contributed by atoms with Crippen LogP contribution in [0.1, 0.15) is 34.5 Å². The van der Waals surface area contributed by atoms with E-state index in [1.807, 2.05) is 4.90 Å². The van der Waals surface area contributed by atoms with Gasteiger partial charge in [-0.25, -0.2) is 4.79 Å². The second-order valence-electron chi connectivity index (χ2n) is 6.74. The summed E-state index contributed by atoms with van der Waals surface area (Å²) in [6, 6.07) is 1.38. The Balaban J connectivity index is 1.73. The lowest BCUT2D eigenvalue weighted by Crippen LogP contribution is -2.56. The second-order valence-corrected chi connectivity index (χ2v) is 6.74. The largest absolute Gasteiger partial charge is 0.427 e. The first-order chi connectivity index (χ1) is 10.9. The quantitative estimate of drug-likeness (QED) is 0.778. The van der Waals surface area contributed by atoms with Crippen LogP contribution < -0.4 is 5.63 Å². The zero-order valence-corrected chi connectivity index (χ0v) is 14.1. The summed E-state index contributed by atoms with van der Waals surface area (Å²) >= 11 is 0. The van der Waals surface area contributed by atoms with Crippen LogP contribution in [0.3, 0.4) is 0 Å². The van der Waals surface area contributed by atoms with Gasteiger partial charge < -0.3 is 19.0 Å². The Hall–Kier alpha value is -1.66. The van der Waals surface area contributed by atoms with Gasteiger partial charge in [-0.05, 0) is 39.3 Å². The van der Waals surface area contributed by atoms with Gasteiger partial charge in [-0.15, -0.1) is 0 Å². The number of ether oxygens (including phenoxy) is 1. The lowest BCUT2D eigenvalue weighted by molar-refractivity contribution is -0.127. The maximum Gasteiger partial charge on any atom is 0.336 e. The van der Waals surface area contributed by atoms with Crippen molar-refractivity contribution < 1.29 is 13.9 Å². The fourth-order valence-corrected chi connectivity index (χ4v) is 3.69. The lowest BCUT2D eigenvalue weighted by atomic mass is 9.89. The van der Waals surface area contributed by atoms with Gasteiger partial charge in [0.25, 0.3) is 5.91 Å². The first-order valence-electron chi connectivity index (χ1n) is 8.13. The normalized spacial score (nSPS) is 21.6. The maximum absolute atomic E-state index is 12.8. The number of aryl methyl sites for hydroxylation is 2. The summed E-state index contributed by atoms with van der Waals surface area (Å²) in [5.74, 6) is 0.344. The molecule has 1 aromatic heterocycles. The molecule has 3 heterocycles. The number of piperidine rings is 1. The van der Waals surface area contributed by atoms with E-state index < -0.39 is 5.63 Å². The van der Waals surface area contributed by atoms with Crippen molar-refractivity contribution in [2.24, 2.45) is 0 Å². The number of carbonyl (C=O) groups is 1. The highest BCUT2D eigenvalue weighted by Gasteiger charge is 2.40. The molecule has 6 heteroatoms. The molecule has 1 aromatic rings. The minimum absolute atomic E-state index is 0.0530. The van der Waals surface area contributed by atoms with Crippen molar-refractivity contribution in [1.29, 1.82) is 0 Å². The molecule has 126 valence electrons. The van der Waals surface area contributed by atoms with E-state index in [0.717, 1.165) is 32.5 Å². The van der Waals surface area contributed by atoms with Crippen LogP contribution in [-0.4, -0.2) is 61.1 Å². The molecule has 0 aromatic carbocycles. The van der Waals surface area contributed by atoms with Crippen LogP contribution >= 0.6 is 0 Å². The summed E-state index contributed by atoms with van der Waals surface area (Å²) in [7, 11) is 2.11. The molecule has 0 saturated carbocycles. The fraction of sp³-hybridized carbons (Fsp3) is 0.647. The van der Waals surface area contributed by atoms with E-state index in [-0.39, 0.29) is 11.5 Å². The summed E-state index contributed by atoms with van der Waals surface area (Å²) in [4.78, 5) is 28.3. The molecule has 0 N–H and O–H groups in total. The van der Waals surface area contributed by atoms with Crippen LogP contribution in [0.15, 0.2) is 15.3 Å². The molecule has 2 saturated heterocycles. The van der Waals surface area contributed by atoms with Crippen molar-refractivity contribution in [1.82, 2.24) is 9.80 Å². The second kappa shape index (κ2) is 6.09. The van der Waals surface area contributed by atoms with Gasteiger partial charge in [-0.3, -0.25) is 4.79 Å². The van der Waals surface area contributed by atoms with Gasteiger partial charge >= 0.3 is 5.63 Å². The van der Waals surface area contributed by atoms with E-state index in [1.54, 1.807) is 13.8 Å². The number of amides is 1. The Morgan fingerprint density at radius 2 is 1.91 bits per heavy atom. The number of hydrogen-bond donors (Lipinski definition) is 0. The number of likely N-dealkylation sites (tertiary alicyclic amines) is 1. The number of rotatable bonds is 1. The van der Waals surface area contributed by atoms with E-state index >= 15 is 0 Å². The topological polar surface area (TPSA) is 63.0 Å². The molecule has 3 rings (SSSR count). The monoisotopic (exact) mass is 320 g/mol. The van der Waals surface area contributed by atoms with Crippen LogP contribution in [0.2, 0.25) is 0 Å². The van der Waals surface area contributed by atoms with E-state index in [1.165, 1.54) is 6.07 Å². The Bertz CT molecular complexity index is 633. The van der Waals surface area contributed by atoms with E-state index in [9.17, 15) is 9.59 Å². The van der Waals surface area contributed by atoms with Crippen LogP contribution in [0, 0.1) is 13.8 Å². The molecule has 0 atom stereocenters. The summed E-state index contributed by atoms with van der Waals surface area (Å²) in [5, 5.41) is 0. The van der Waals surface area contributed by atoms with Crippen LogP contribution in [0.25, 0.3) is 0 Å². The van der Waals surface area contributed by atoms with Crippen molar-refractivity contribution in [2.75, 3.05) is 39.8 Å². The lowest BCUT2D eigenvalue weighted by Gasteiger charge is -2.46. The molecule has 0 bridgehead atoms. The number of carbonyl (C=O) groups excluding carboxylic acids is 1. The van der Waals surface area contributed by atoms with Crippen LogP contribution in [0.4, 0.5) is 0 Å². The highest BCUT2D eigenvalue weighted by Crippen LogP contribution is 2.30. The average Bonchev–Trinajstić information content (AvgIpc) is 2.46. The first kappa shape index (κ1) is 16.2. The third-order valence-corrected chi connectivity index (χ3v) is 4.95. The SMILES string of the molecule is Cc1cc(=O)oc(C)c1C(=O)N1CCC2(CC1)CN(C)CCO2. The predicted molar refractivity (Wildman–Crippen MR) is 85.8 cm³/mol. The van der Waals surface area contributed by atoms with Crippen molar-refractivity contribution in [2.45, 2.75) is 32.3 Å². The van der Waals surface area contributed by atoms with Gasteiger partial charge in [0.1, 0.15) is 5.76 Å². The highest BCUT2D eigenvalue weighted by molar-refractivity contribution is 5.96. The molecular weight excluding hydrogens is 296 g/mol. The number of nitrogens with zero attached hydrogens (tertiary/aromatic N) is 2. The molecule has 2 fully saturated rings. The van der Waals surface area contributed by atoms with Crippen molar-refractivity contribution in [3.05, 3.63) is 33.4 Å². The van der Waals surface area contributed by atoms with Crippen molar-refractivity contribution >= 4 is 5.91 Å². The van der Waals surface area contributed by atoms with E-state index in [4.69, 9.17) is 9.15 Å². The Kier molecular flexibility index (Phi) is 4.29. The first-order valence-corrected chi connectivity index (χ1v) is 8.13. The van der Waals surface area contributed by atoms with Gasteiger partial charge in [-0.1, -0.05) is 0 Å². The molecule has 23 heavy (non-hydrogen) atoms. The summed E-state index contributed by atoms with van der Waals surface area (Å²) in [5.41, 5.74) is 0.671. The molecule has 0 aliphatic carbocycles. The van der Waals surface area contributed by atoms with Crippen molar-refractivity contribution in [3.8, 4) is 0 Å². The smallest absolute Gasteiger partial charge is 0.336 e. The van der Waals surface area contributed by atoms with Gasteiger partial charge in [0, 0.05) is 32.2 Å². The molecular formula is C17H24N2O4. The minimum Gasteiger partial charge on any atom is -0.427 e. The standard InChI is InChI=1S/C17H24N2O4/c1-12-10-14(20)23-13(2)15(12)16(21)19-6-4-17(5-7-19)11-18(3)8-9-22-17/h10H,4-9,11H2,1-3H3. The minimum atomic E-state index is -0.409. The summed E-state index contributed by atoms with van der Waals surface area (Å²) < 4.78 is 11.1. The number of hydrogen-bond acceptors (Lipinski definition) is 5. The van der Waals surface area contributed by atoms with Gasteiger partial charge in [0.05, 0.1) is 17.8 Å². The fourth-order valence-electron chi connectivity index (χ4n) is 3.69. The molecule has 1 amide bonds. The zero-order chi connectivity index (χ0) is 16.6. The average molecular weight is 320 g/mol. The highest BCUT2D eigenvalue weighted by atomic mass is 16.5. The molecule has 0 radical (unpaired) electrons. The van der Waals surface area contributed by atoms with E-state index in [0.29, 0.717) is 30.0 Å². The molecule has 2 aliphatic heterocycles. The predicted octanol–water partition coefficient (Wildman–Crippen LogP) is 1.19. The van der Waals surface area contributed by atoms with Gasteiger partial charge in [0.2, 0.25) is 0 Å². The summed E-state index contributed by atoms with van der Waals surface area (Å²) in [6.45, 7) is 7.44. The third-order valence-electron chi connectivity index (χ3n) is 4.95. The molecule has 6 nitrogen and oxygen atoms in total. The molecule has 0 unspecified atom stereocenters. The maximum atomic E-state index is 12.8. The number of likely N-dealkylation sites (N-methyl/N-ethyl adjacent to an activating group) is 1. The third kappa shape index (κ3) is 3.19. The number of morpholine rings is 1. The summed E-state index contributed by atoms with van der Waals surface area (Å²) in [6.07, 6.45) is 1.69. The van der Waals surface area contributed by atoms with Crippen molar-refractivity contribution in [3.63, 3.8) is 0 Å². The van der Waals surface area contributed by atoms with Crippen LogP contribution in [-0.2, 0) is 4.74 Å². The van der Waals surface area contributed by atoms with E-state index in [2.05, 4.69) is 11.9 Å². The van der Waals surface area contributed by atoms with Gasteiger partial charge in [-0.2, -0.15) is 0 Å². The Morgan fingerprint density at radius 3 is 2.52 bits per heavy atom. The Labute approximate surface area is 136 Å². The molecule has 2 aliphatic rings.